The molecule has 0 N–H and O–H groups in total. The molecule has 1 aromatic heterocycles. The summed E-state index contributed by atoms with van der Waals surface area (Å²) in [5.74, 6) is 8.10. The first kappa shape index (κ1) is 17.2. The van der Waals surface area contributed by atoms with Crippen LogP contribution in [0.3, 0.4) is 0 Å². The van der Waals surface area contributed by atoms with Crippen LogP contribution in [0.4, 0.5) is 0 Å². The number of nitrogens with zero attached hydrogens (tertiary/aromatic N) is 2. The summed E-state index contributed by atoms with van der Waals surface area (Å²) in [7, 11) is 0. The Morgan fingerprint density at radius 3 is 2.29 bits per heavy atom. The van der Waals surface area contributed by atoms with Gasteiger partial charge in [-0.3, -0.25) is 0 Å². The molecule has 0 saturated heterocycles. The number of nitriles is 1. The fourth-order valence-electron chi connectivity index (χ4n) is 3.72. The van der Waals surface area contributed by atoms with Crippen molar-refractivity contribution in [2.75, 3.05) is 0 Å². The van der Waals surface area contributed by atoms with Gasteiger partial charge >= 0.3 is 148 Å². The molecule has 0 amide bonds. The van der Waals surface area contributed by atoms with Crippen LogP contribution >= 0.6 is 0 Å². The average Bonchev–Trinajstić information content (AvgIpc) is 2.61. The number of hydrogen-bond acceptors (Lipinski definition) is 2. The van der Waals surface area contributed by atoms with Gasteiger partial charge in [0.2, 0.25) is 0 Å². The first-order valence-electron chi connectivity index (χ1n) is 9.00. The van der Waals surface area contributed by atoms with Crippen LogP contribution in [-0.2, 0) is 0 Å². The molecule has 3 heteroatoms. The van der Waals surface area contributed by atoms with Gasteiger partial charge in [-0.15, -0.1) is 0 Å². The standard InChI is InChI=1S/C21H26GeN2/c1-22(2,3)20-15-24-21(18-11-9-16(14-23)10-12-18)13-19(20)17-7-5-4-6-8-17/h9-13,15,17H,4-8H2,1-3H3. The first-order chi connectivity index (χ1) is 11.5. The van der Waals surface area contributed by atoms with Crippen molar-refractivity contribution in [2.45, 2.75) is 55.3 Å². The van der Waals surface area contributed by atoms with Crippen LogP contribution in [0.2, 0.25) is 17.3 Å². The Kier molecular flexibility index (Phi) is 5.10. The fraction of sp³-hybridized carbons (Fsp3) is 0.429. The zero-order valence-electron chi connectivity index (χ0n) is 15.0. The van der Waals surface area contributed by atoms with E-state index in [1.54, 1.807) is 9.96 Å². The molecule has 1 fully saturated rings. The van der Waals surface area contributed by atoms with E-state index in [1.807, 2.05) is 24.3 Å². The molecule has 0 unspecified atom stereocenters. The molecule has 1 aliphatic rings. The van der Waals surface area contributed by atoms with E-state index < -0.39 is 13.3 Å². The van der Waals surface area contributed by atoms with Crippen LogP contribution in [0.15, 0.2) is 36.5 Å². The Balaban J connectivity index is 2.04. The zero-order valence-corrected chi connectivity index (χ0v) is 17.1. The van der Waals surface area contributed by atoms with Crippen LogP contribution in [0, 0.1) is 11.3 Å². The molecule has 1 aromatic carbocycles. The number of hydrogen-bond donors (Lipinski definition) is 0. The van der Waals surface area contributed by atoms with E-state index in [0.717, 1.165) is 11.3 Å². The Morgan fingerprint density at radius 1 is 1.04 bits per heavy atom. The van der Waals surface area contributed by atoms with Gasteiger partial charge in [0.1, 0.15) is 0 Å². The van der Waals surface area contributed by atoms with Gasteiger partial charge in [0.05, 0.1) is 0 Å². The van der Waals surface area contributed by atoms with Crippen molar-refractivity contribution in [3.63, 3.8) is 0 Å². The third-order valence-electron chi connectivity index (χ3n) is 5.10. The van der Waals surface area contributed by atoms with Gasteiger partial charge in [0.25, 0.3) is 0 Å². The van der Waals surface area contributed by atoms with Crippen molar-refractivity contribution in [3.8, 4) is 17.3 Å². The van der Waals surface area contributed by atoms with E-state index in [4.69, 9.17) is 10.2 Å². The Hall–Kier alpha value is -1.60. The number of pyridine rings is 1. The summed E-state index contributed by atoms with van der Waals surface area (Å²) in [6.07, 6.45) is 8.91. The molecular formula is C21H26GeN2. The molecule has 0 aliphatic heterocycles. The fourth-order valence-corrected chi connectivity index (χ4v) is 7.07. The summed E-state index contributed by atoms with van der Waals surface area (Å²) >= 11 is -1.94. The topological polar surface area (TPSA) is 36.7 Å². The minimum absolute atomic E-state index is 0.701. The van der Waals surface area contributed by atoms with E-state index in [9.17, 15) is 0 Å². The van der Waals surface area contributed by atoms with Gasteiger partial charge in [0.15, 0.2) is 0 Å². The molecule has 124 valence electrons. The van der Waals surface area contributed by atoms with Gasteiger partial charge < -0.3 is 0 Å². The first-order valence-corrected chi connectivity index (χ1v) is 16.3. The summed E-state index contributed by atoms with van der Waals surface area (Å²) in [6.45, 7) is 0. The Bertz CT molecular complexity index is 745. The van der Waals surface area contributed by atoms with E-state index in [0.29, 0.717) is 11.5 Å². The summed E-state index contributed by atoms with van der Waals surface area (Å²) in [4.78, 5) is 4.79. The minimum atomic E-state index is -1.94. The SMILES string of the molecule is [CH3][Ge]([CH3])([CH3])[c]1cnc(-c2ccc(C#N)cc2)cc1C1CCCCC1. The second-order valence-electron chi connectivity index (χ2n) is 7.93. The third kappa shape index (κ3) is 3.73. The second-order valence-corrected chi connectivity index (χ2v) is 18.5. The third-order valence-corrected chi connectivity index (χ3v) is 9.37. The van der Waals surface area contributed by atoms with Crippen LogP contribution < -0.4 is 4.40 Å². The van der Waals surface area contributed by atoms with Crippen LogP contribution in [-0.4, -0.2) is 18.3 Å². The van der Waals surface area contributed by atoms with E-state index in [1.165, 1.54) is 32.1 Å². The average molecular weight is 379 g/mol. The normalized spacial score (nSPS) is 15.9. The predicted octanol–water partition coefficient (Wildman–Crippen LogP) is 5.21. The molecule has 1 heterocycles. The molecule has 2 aromatic rings. The number of aromatic nitrogens is 1. The van der Waals surface area contributed by atoms with Crippen molar-refractivity contribution in [1.82, 2.24) is 4.98 Å². The van der Waals surface area contributed by atoms with Gasteiger partial charge in [-0.05, 0) is 0 Å². The molecule has 0 spiro atoms. The molecule has 0 bridgehead atoms. The van der Waals surface area contributed by atoms with Crippen molar-refractivity contribution in [2.24, 2.45) is 0 Å². The summed E-state index contributed by atoms with van der Waals surface area (Å²) < 4.78 is 1.57. The summed E-state index contributed by atoms with van der Waals surface area (Å²) in [5.41, 5.74) is 4.43. The van der Waals surface area contributed by atoms with Crippen molar-refractivity contribution >= 4 is 17.7 Å². The van der Waals surface area contributed by atoms with Gasteiger partial charge in [-0.1, -0.05) is 0 Å². The van der Waals surface area contributed by atoms with Crippen molar-refractivity contribution in [3.05, 3.63) is 47.7 Å². The zero-order chi connectivity index (χ0) is 17.2. The molecular weight excluding hydrogens is 353 g/mol. The van der Waals surface area contributed by atoms with E-state index in [2.05, 4.69) is 35.6 Å². The Labute approximate surface area is 148 Å². The van der Waals surface area contributed by atoms with Gasteiger partial charge in [-0.25, -0.2) is 0 Å². The number of rotatable bonds is 3. The molecule has 0 radical (unpaired) electrons. The molecule has 0 atom stereocenters. The van der Waals surface area contributed by atoms with E-state index in [-0.39, 0.29) is 0 Å². The van der Waals surface area contributed by atoms with Crippen molar-refractivity contribution in [1.29, 1.82) is 5.26 Å². The second kappa shape index (κ2) is 7.11. The summed E-state index contributed by atoms with van der Waals surface area (Å²) in [5, 5.41) is 8.98. The van der Waals surface area contributed by atoms with Gasteiger partial charge in [-0.2, -0.15) is 0 Å². The molecule has 1 aliphatic carbocycles. The Morgan fingerprint density at radius 2 is 1.71 bits per heavy atom. The monoisotopic (exact) mass is 380 g/mol. The van der Waals surface area contributed by atoms with E-state index >= 15 is 0 Å². The van der Waals surface area contributed by atoms with Crippen molar-refractivity contribution < 1.29 is 0 Å². The maximum atomic E-state index is 8.98. The molecule has 1 saturated carbocycles. The predicted molar refractivity (Wildman–Crippen MR) is 103 cm³/mol. The van der Waals surface area contributed by atoms with Gasteiger partial charge in [0, 0.05) is 0 Å². The summed E-state index contributed by atoms with van der Waals surface area (Å²) in [6, 6.07) is 12.3. The molecule has 3 rings (SSSR count). The van der Waals surface area contributed by atoms with Crippen LogP contribution in [0.5, 0.6) is 0 Å². The number of benzene rings is 1. The molecule has 24 heavy (non-hydrogen) atoms. The quantitative estimate of drug-likeness (QED) is 0.687. The molecule has 2 nitrogen and oxygen atoms in total. The van der Waals surface area contributed by atoms with Crippen LogP contribution in [0.25, 0.3) is 11.3 Å². The maximum absolute atomic E-state index is 8.98. The van der Waals surface area contributed by atoms with Crippen LogP contribution in [0.1, 0.15) is 49.1 Å².